The molecule has 2 aliphatic rings. The number of nitrogen functional groups attached to an aromatic ring is 1. The number of nitrogens with one attached hydrogen (secondary N) is 1. The second-order valence-corrected chi connectivity index (χ2v) is 11.2. The summed E-state index contributed by atoms with van der Waals surface area (Å²) in [7, 11) is 2.00. The SMILES string of the molecule is [C-]#[N+]c1cc2c(N3CCNCC(F)(F)C3)nc(OC[C@@H]3CCCN3C)nc2c(F)c1-c1cccc2sc(N)nc12. The monoisotopic (exact) mass is 568 g/mol. The number of rotatable bonds is 5. The fraction of sp³-hybridized carbons (Fsp3) is 0.407. The topological polar surface area (TPSA) is 96.8 Å². The minimum Gasteiger partial charge on any atom is -0.462 e. The average molecular weight is 569 g/mol. The van der Waals surface area contributed by atoms with Crippen LogP contribution in [0.3, 0.4) is 0 Å². The molecule has 2 fully saturated rings. The molecule has 0 aliphatic carbocycles. The molecule has 4 aromatic rings. The molecule has 40 heavy (non-hydrogen) atoms. The first-order valence-electron chi connectivity index (χ1n) is 13.0. The zero-order valence-electron chi connectivity index (χ0n) is 21.8. The van der Waals surface area contributed by atoms with E-state index < -0.39 is 24.8 Å². The van der Waals surface area contributed by atoms with Crippen molar-refractivity contribution in [3.63, 3.8) is 0 Å². The van der Waals surface area contributed by atoms with Crippen LogP contribution >= 0.6 is 11.3 Å². The number of likely N-dealkylation sites (tertiary alicyclic amines) is 1. The molecular weight excluding hydrogens is 541 g/mol. The van der Waals surface area contributed by atoms with E-state index in [2.05, 4.69) is 30.0 Å². The van der Waals surface area contributed by atoms with Crippen LogP contribution in [0.25, 0.3) is 37.1 Å². The van der Waals surface area contributed by atoms with Crippen LogP contribution < -0.4 is 20.7 Å². The summed E-state index contributed by atoms with van der Waals surface area (Å²) in [6.07, 6.45) is 1.98. The van der Waals surface area contributed by atoms with Crippen LogP contribution in [0.5, 0.6) is 6.01 Å². The zero-order chi connectivity index (χ0) is 28.0. The van der Waals surface area contributed by atoms with Gasteiger partial charge in [-0.3, -0.25) is 0 Å². The minimum atomic E-state index is -3.04. The van der Waals surface area contributed by atoms with Crippen molar-refractivity contribution in [2.75, 3.05) is 57.0 Å². The van der Waals surface area contributed by atoms with Crippen LogP contribution in [0.2, 0.25) is 0 Å². The predicted octanol–water partition coefficient (Wildman–Crippen LogP) is 4.70. The predicted molar refractivity (Wildman–Crippen MR) is 150 cm³/mol. The first-order valence-corrected chi connectivity index (χ1v) is 13.8. The smallest absolute Gasteiger partial charge is 0.319 e. The summed E-state index contributed by atoms with van der Waals surface area (Å²) < 4.78 is 52.5. The lowest BCUT2D eigenvalue weighted by Gasteiger charge is -2.26. The second-order valence-electron chi connectivity index (χ2n) is 10.2. The summed E-state index contributed by atoms with van der Waals surface area (Å²) in [6.45, 7) is 8.48. The van der Waals surface area contributed by atoms with Crippen molar-refractivity contribution < 1.29 is 17.9 Å². The molecule has 2 aromatic heterocycles. The van der Waals surface area contributed by atoms with Gasteiger partial charge in [-0.25, -0.2) is 23.0 Å². The van der Waals surface area contributed by atoms with Crippen LogP contribution in [0.15, 0.2) is 24.3 Å². The summed E-state index contributed by atoms with van der Waals surface area (Å²) in [6, 6.07) is 6.76. The van der Waals surface area contributed by atoms with Crippen LogP contribution in [0.1, 0.15) is 12.8 Å². The van der Waals surface area contributed by atoms with Crippen molar-refractivity contribution in [3.8, 4) is 17.1 Å². The summed E-state index contributed by atoms with van der Waals surface area (Å²) >= 11 is 1.26. The van der Waals surface area contributed by atoms with E-state index in [0.29, 0.717) is 16.2 Å². The molecule has 3 N–H and O–H groups in total. The van der Waals surface area contributed by atoms with Crippen LogP contribution in [-0.4, -0.2) is 78.2 Å². The Bertz CT molecular complexity index is 1640. The number of benzene rings is 2. The summed E-state index contributed by atoms with van der Waals surface area (Å²) in [5, 5.41) is 3.23. The quantitative estimate of drug-likeness (QED) is 0.335. The maximum Gasteiger partial charge on any atom is 0.319 e. The van der Waals surface area contributed by atoms with Crippen molar-refractivity contribution >= 4 is 49.1 Å². The summed E-state index contributed by atoms with van der Waals surface area (Å²) in [4.78, 5) is 20.5. The zero-order valence-corrected chi connectivity index (χ0v) is 22.6. The molecule has 0 radical (unpaired) electrons. The number of hydrogen-bond donors (Lipinski definition) is 2. The summed E-state index contributed by atoms with van der Waals surface area (Å²) in [5.74, 6) is -3.70. The average Bonchev–Trinajstić information content (AvgIpc) is 3.47. The van der Waals surface area contributed by atoms with Crippen molar-refractivity contribution in [2.45, 2.75) is 24.8 Å². The molecule has 0 amide bonds. The van der Waals surface area contributed by atoms with Gasteiger partial charge in [0.15, 0.2) is 10.8 Å². The highest BCUT2D eigenvalue weighted by Crippen LogP contribution is 2.43. The van der Waals surface area contributed by atoms with Gasteiger partial charge in [-0.1, -0.05) is 23.5 Å². The maximum atomic E-state index is 16.6. The minimum absolute atomic E-state index is 0.00474. The van der Waals surface area contributed by atoms with E-state index in [-0.39, 0.29) is 59.7 Å². The number of hydrogen-bond acceptors (Lipinski definition) is 9. The van der Waals surface area contributed by atoms with Crippen molar-refractivity contribution in [1.29, 1.82) is 0 Å². The van der Waals surface area contributed by atoms with Gasteiger partial charge in [0.1, 0.15) is 23.8 Å². The second kappa shape index (κ2) is 10.3. The molecule has 0 saturated carbocycles. The van der Waals surface area contributed by atoms with Gasteiger partial charge in [-0.15, -0.1) is 0 Å². The number of para-hydroxylation sites is 1. The van der Waals surface area contributed by atoms with Gasteiger partial charge in [0.25, 0.3) is 5.92 Å². The van der Waals surface area contributed by atoms with E-state index in [0.717, 1.165) is 24.1 Å². The van der Waals surface area contributed by atoms with E-state index in [1.807, 2.05) is 13.1 Å². The maximum absolute atomic E-state index is 16.6. The number of ether oxygens (including phenoxy) is 1. The van der Waals surface area contributed by atoms with Crippen molar-refractivity contribution in [3.05, 3.63) is 41.5 Å². The molecule has 9 nitrogen and oxygen atoms in total. The molecule has 0 spiro atoms. The Hall–Kier alpha value is -3.73. The third-order valence-electron chi connectivity index (χ3n) is 7.44. The highest BCUT2D eigenvalue weighted by molar-refractivity contribution is 7.22. The normalized spacial score (nSPS) is 19.7. The Labute approximate surface area is 232 Å². The van der Waals surface area contributed by atoms with Gasteiger partial charge in [0.2, 0.25) is 0 Å². The summed E-state index contributed by atoms with van der Waals surface area (Å²) in [5.41, 5.74) is 6.71. The molecule has 0 unspecified atom stereocenters. The largest absolute Gasteiger partial charge is 0.462 e. The van der Waals surface area contributed by atoms with Crippen molar-refractivity contribution in [2.24, 2.45) is 0 Å². The lowest BCUT2D eigenvalue weighted by Crippen LogP contribution is -2.39. The fourth-order valence-corrected chi connectivity index (χ4v) is 6.20. The van der Waals surface area contributed by atoms with E-state index in [1.165, 1.54) is 22.3 Å². The molecule has 13 heteroatoms. The Kier molecular flexibility index (Phi) is 6.85. The third-order valence-corrected chi connectivity index (χ3v) is 8.28. The molecule has 6 rings (SSSR count). The first-order chi connectivity index (χ1) is 19.2. The Morgan fingerprint density at radius 2 is 2.10 bits per heavy atom. The van der Waals surface area contributed by atoms with Crippen molar-refractivity contribution in [1.82, 2.24) is 25.2 Å². The number of fused-ring (bicyclic) bond motifs is 2. The van der Waals surface area contributed by atoms with Crippen LogP contribution in [-0.2, 0) is 0 Å². The Morgan fingerprint density at radius 3 is 2.88 bits per heavy atom. The van der Waals surface area contributed by atoms with Gasteiger partial charge in [0.05, 0.1) is 29.9 Å². The molecule has 1 atom stereocenters. The number of thiazole rings is 1. The van der Waals surface area contributed by atoms with Gasteiger partial charge >= 0.3 is 6.01 Å². The molecule has 4 heterocycles. The Morgan fingerprint density at radius 1 is 1.25 bits per heavy atom. The van der Waals surface area contributed by atoms with E-state index >= 15 is 4.39 Å². The molecule has 2 aliphatic heterocycles. The van der Waals surface area contributed by atoms with Gasteiger partial charge in [-0.2, -0.15) is 9.97 Å². The lowest BCUT2D eigenvalue weighted by molar-refractivity contribution is 0.0156. The van der Waals surface area contributed by atoms with Gasteiger partial charge in [-0.05, 0) is 38.6 Å². The lowest BCUT2D eigenvalue weighted by atomic mass is 9.99. The highest BCUT2D eigenvalue weighted by Gasteiger charge is 2.35. The molecular formula is C27H27F3N8OS. The molecule has 2 aromatic carbocycles. The number of likely N-dealkylation sites (N-methyl/N-ethyl adjacent to an activating group) is 1. The van der Waals surface area contributed by atoms with E-state index in [1.54, 1.807) is 12.1 Å². The molecule has 2 saturated heterocycles. The highest BCUT2D eigenvalue weighted by atomic mass is 32.1. The number of nitrogens with zero attached hydrogens (tertiary/aromatic N) is 6. The van der Waals surface area contributed by atoms with E-state index in [4.69, 9.17) is 17.0 Å². The fourth-order valence-electron chi connectivity index (χ4n) is 5.44. The standard InChI is InChI=1S/C27H27F3N8OS/c1-32-18-11-17-23(21(28)20(18)16-6-3-7-19-22(16)34-25(31)40-19)35-26(39-12-15-5-4-9-37(15)2)36-24(17)38-10-8-33-13-27(29,30)14-38/h3,6-7,11,15,33H,4-5,8-10,12-14H2,2H3,(H2,31,34)/t15-/m0/s1. The van der Waals surface area contributed by atoms with Gasteiger partial charge in [0, 0.05) is 35.6 Å². The third kappa shape index (κ3) is 4.87. The number of nitrogens with two attached hydrogens (primary N) is 1. The first kappa shape index (κ1) is 26.5. The Balaban J connectivity index is 1.54. The van der Waals surface area contributed by atoms with Crippen LogP contribution in [0, 0.1) is 12.4 Å². The number of anilines is 2. The molecule has 208 valence electrons. The van der Waals surface area contributed by atoms with Crippen LogP contribution in [0.4, 0.5) is 29.8 Å². The number of aromatic nitrogens is 3. The number of halogens is 3. The van der Waals surface area contributed by atoms with E-state index in [9.17, 15) is 8.78 Å². The molecule has 0 bridgehead atoms. The van der Waals surface area contributed by atoms with Gasteiger partial charge < -0.3 is 25.6 Å². The number of alkyl halides is 2.